The molecule has 1 aromatic carbocycles. The van der Waals surface area contributed by atoms with Crippen LogP contribution in [0.4, 0.5) is 0 Å². The summed E-state index contributed by atoms with van der Waals surface area (Å²) >= 11 is 1.56. The van der Waals surface area contributed by atoms with Gasteiger partial charge >= 0.3 is 0 Å². The highest BCUT2D eigenvalue weighted by atomic mass is 32.2. The summed E-state index contributed by atoms with van der Waals surface area (Å²) in [5, 5.41) is -0.186. The van der Waals surface area contributed by atoms with Gasteiger partial charge in [-0.3, -0.25) is 4.79 Å². The van der Waals surface area contributed by atoms with E-state index in [-0.39, 0.29) is 11.2 Å². The Morgan fingerprint density at radius 1 is 0.926 bits per heavy atom. The molecule has 0 radical (unpaired) electrons. The number of hydrogen-bond acceptors (Lipinski definition) is 4. The third-order valence-corrected chi connectivity index (χ3v) is 8.30. The van der Waals surface area contributed by atoms with Gasteiger partial charge < -0.3 is 4.90 Å². The molecule has 0 bridgehead atoms. The van der Waals surface area contributed by atoms with E-state index in [1.165, 1.54) is 5.56 Å². The van der Waals surface area contributed by atoms with Gasteiger partial charge in [0.2, 0.25) is 5.91 Å². The van der Waals surface area contributed by atoms with Crippen molar-refractivity contribution >= 4 is 27.9 Å². The van der Waals surface area contributed by atoms with E-state index in [2.05, 4.69) is 0 Å². The van der Waals surface area contributed by atoms with E-state index in [0.29, 0.717) is 45.7 Å². The molecule has 2 saturated heterocycles. The van der Waals surface area contributed by atoms with Crippen molar-refractivity contribution < 1.29 is 13.2 Å². The number of rotatable bonds is 5. The van der Waals surface area contributed by atoms with E-state index in [0.717, 1.165) is 17.7 Å². The SMILES string of the molecule is Cc1ccc(SC(C)C(=O)N2CCCN(S(=O)(=O)N3CCCC3)CC2)cc1. The molecule has 0 N–H and O–H groups in total. The molecule has 2 aliphatic rings. The minimum absolute atomic E-state index is 0.0843. The molecule has 1 aromatic rings. The molecule has 0 aliphatic carbocycles. The fraction of sp³-hybridized carbons (Fsp3) is 0.632. The molecule has 2 aliphatic heterocycles. The van der Waals surface area contributed by atoms with Crippen LogP contribution in [0.1, 0.15) is 31.7 Å². The normalized spacial score (nSPS) is 21.2. The molecular weight excluding hydrogens is 382 g/mol. The van der Waals surface area contributed by atoms with Gasteiger partial charge in [-0.2, -0.15) is 17.0 Å². The fourth-order valence-electron chi connectivity index (χ4n) is 3.56. The van der Waals surface area contributed by atoms with Crippen LogP contribution in [0.3, 0.4) is 0 Å². The number of amides is 1. The summed E-state index contributed by atoms with van der Waals surface area (Å²) in [6, 6.07) is 8.17. The third-order valence-electron chi connectivity index (χ3n) is 5.17. The van der Waals surface area contributed by atoms with Crippen LogP contribution in [-0.2, 0) is 15.0 Å². The molecule has 8 heteroatoms. The largest absolute Gasteiger partial charge is 0.340 e. The molecule has 1 atom stereocenters. The summed E-state index contributed by atoms with van der Waals surface area (Å²) in [6.07, 6.45) is 2.55. The highest BCUT2D eigenvalue weighted by Crippen LogP contribution is 2.25. The Labute approximate surface area is 167 Å². The first-order chi connectivity index (χ1) is 12.9. The molecule has 2 heterocycles. The molecule has 1 unspecified atom stereocenters. The number of aryl methyl sites for hydroxylation is 1. The van der Waals surface area contributed by atoms with Crippen molar-refractivity contribution in [2.75, 3.05) is 39.3 Å². The first-order valence-electron chi connectivity index (χ1n) is 9.65. The van der Waals surface area contributed by atoms with Crippen molar-refractivity contribution in [1.82, 2.24) is 13.5 Å². The maximum Gasteiger partial charge on any atom is 0.282 e. The summed E-state index contributed by atoms with van der Waals surface area (Å²) < 4.78 is 28.7. The minimum atomic E-state index is -3.38. The fourth-order valence-corrected chi connectivity index (χ4v) is 6.23. The Kier molecular flexibility index (Phi) is 6.83. The average molecular weight is 412 g/mol. The zero-order valence-corrected chi connectivity index (χ0v) is 17.8. The lowest BCUT2D eigenvalue weighted by atomic mass is 10.2. The summed E-state index contributed by atoms with van der Waals surface area (Å²) in [6.45, 7) is 7.15. The lowest BCUT2D eigenvalue weighted by Crippen LogP contribution is -2.45. The van der Waals surface area contributed by atoms with Crippen molar-refractivity contribution in [2.45, 2.75) is 43.3 Å². The second kappa shape index (κ2) is 8.94. The lowest BCUT2D eigenvalue weighted by Gasteiger charge is -2.26. The van der Waals surface area contributed by atoms with E-state index < -0.39 is 10.2 Å². The topological polar surface area (TPSA) is 60.9 Å². The van der Waals surface area contributed by atoms with Gasteiger partial charge in [0.1, 0.15) is 0 Å². The monoisotopic (exact) mass is 411 g/mol. The predicted octanol–water partition coefficient (Wildman–Crippen LogP) is 2.35. The number of nitrogens with zero attached hydrogens (tertiary/aromatic N) is 3. The van der Waals surface area contributed by atoms with E-state index >= 15 is 0 Å². The van der Waals surface area contributed by atoms with Gasteiger partial charge in [-0.05, 0) is 45.2 Å². The van der Waals surface area contributed by atoms with E-state index in [1.807, 2.05) is 43.0 Å². The summed E-state index contributed by atoms with van der Waals surface area (Å²) in [5.74, 6) is 0.0843. The van der Waals surface area contributed by atoms with E-state index in [9.17, 15) is 13.2 Å². The molecule has 3 rings (SSSR count). The quantitative estimate of drug-likeness (QED) is 0.698. The van der Waals surface area contributed by atoms with Crippen LogP contribution in [0, 0.1) is 6.92 Å². The predicted molar refractivity (Wildman–Crippen MR) is 109 cm³/mol. The second-order valence-corrected chi connectivity index (χ2v) is 10.6. The zero-order chi connectivity index (χ0) is 19.4. The Hall–Kier alpha value is -1.09. The number of carbonyl (C=O) groups is 1. The molecule has 0 aromatic heterocycles. The van der Waals surface area contributed by atoms with Crippen LogP contribution in [0.15, 0.2) is 29.2 Å². The number of thioether (sulfide) groups is 1. The van der Waals surface area contributed by atoms with Crippen LogP contribution >= 0.6 is 11.8 Å². The molecule has 150 valence electrons. The van der Waals surface area contributed by atoms with Crippen molar-refractivity contribution in [3.63, 3.8) is 0 Å². The molecule has 2 fully saturated rings. The molecule has 27 heavy (non-hydrogen) atoms. The second-order valence-electron chi connectivity index (χ2n) is 7.26. The Morgan fingerprint density at radius 3 is 2.19 bits per heavy atom. The zero-order valence-electron chi connectivity index (χ0n) is 16.1. The standard InChI is InChI=1S/C19H29N3O3S2/c1-16-6-8-18(9-7-16)26-17(2)19(23)20-10-5-13-22(15-14-20)27(24,25)21-11-3-4-12-21/h6-9,17H,3-5,10-15H2,1-2H3. The first kappa shape index (κ1) is 20.6. The van der Waals surface area contributed by atoms with Gasteiger partial charge in [-0.15, -0.1) is 11.8 Å². The van der Waals surface area contributed by atoms with Crippen LogP contribution < -0.4 is 0 Å². The average Bonchev–Trinajstić information content (AvgIpc) is 3.08. The Balaban J connectivity index is 1.58. The Bertz CT molecular complexity index is 746. The smallest absolute Gasteiger partial charge is 0.282 e. The lowest BCUT2D eigenvalue weighted by molar-refractivity contribution is -0.130. The maximum absolute atomic E-state index is 12.9. The highest BCUT2D eigenvalue weighted by molar-refractivity contribution is 8.00. The van der Waals surface area contributed by atoms with Crippen molar-refractivity contribution in [3.05, 3.63) is 29.8 Å². The molecule has 0 saturated carbocycles. The van der Waals surface area contributed by atoms with Gasteiger partial charge in [-0.1, -0.05) is 17.7 Å². The van der Waals surface area contributed by atoms with E-state index in [4.69, 9.17) is 0 Å². The molecule has 1 amide bonds. The van der Waals surface area contributed by atoms with Crippen LogP contribution in [-0.4, -0.2) is 72.4 Å². The maximum atomic E-state index is 12.9. The Morgan fingerprint density at radius 2 is 1.52 bits per heavy atom. The van der Waals surface area contributed by atoms with Gasteiger partial charge in [0.05, 0.1) is 5.25 Å². The van der Waals surface area contributed by atoms with E-state index in [1.54, 1.807) is 20.4 Å². The molecular formula is C19H29N3O3S2. The van der Waals surface area contributed by atoms with Crippen LogP contribution in [0.5, 0.6) is 0 Å². The van der Waals surface area contributed by atoms with Gasteiger partial charge in [0.15, 0.2) is 0 Å². The third kappa shape index (κ3) is 5.04. The van der Waals surface area contributed by atoms with Gasteiger partial charge in [0.25, 0.3) is 10.2 Å². The van der Waals surface area contributed by atoms with Gasteiger partial charge in [-0.25, -0.2) is 0 Å². The summed E-state index contributed by atoms with van der Waals surface area (Å²) in [5.41, 5.74) is 1.20. The summed E-state index contributed by atoms with van der Waals surface area (Å²) in [7, 11) is -3.38. The van der Waals surface area contributed by atoms with Crippen LogP contribution in [0.2, 0.25) is 0 Å². The number of carbonyl (C=O) groups excluding carboxylic acids is 1. The molecule has 0 spiro atoms. The van der Waals surface area contributed by atoms with Crippen molar-refractivity contribution in [1.29, 1.82) is 0 Å². The first-order valence-corrected chi connectivity index (χ1v) is 11.9. The van der Waals surface area contributed by atoms with Gasteiger partial charge in [0, 0.05) is 44.2 Å². The number of benzene rings is 1. The summed E-state index contributed by atoms with van der Waals surface area (Å²) in [4.78, 5) is 15.8. The van der Waals surface area contributed by atoms with Crippen molar-refractivity contribution in [2.24, 2.45) is 0 Å². The minimum Gasteiger partial charge on any atom is -0.340 e. The van der Waals surface area contributed by atoms with Crippen molar-refractivity contribution in [3.8, 4) is 0 Å². The highest BCUT2D eigenvalue weighted by Gasteiger charge is 2.33. The number of hydrogen-bond donors (Lipinski definition) is 0. The molecule has 6 nitrogen and oxygen atoms in total. The van der Waals surface area contributed by atoms with Crippen LogP contribution in [0.25, 0.3) is 0 Å².